The summed E-state index contributed by atoms with van der Waals surface area (Å²) >= 11 is 5.83. The average molecular weight is 266 g/mol. The van der Waals surface area contributed by atoms with Crippen LogP contribution in [0.25, 0.3) is 0 Å². The standard InChI is InChI=1S/C14H20ClN3/c15-14-6-3-11(8-17-14)9-18(13-4-5-13)10-12-2-1-7-16-12/h3,6,8,12-13,16H,1-2,4-5,7,9-10H2. The number of nitrogens with one attached hydrogen (secondary N) is 1. The summed E-state index contributed by atoms with van der Waals surface area (Å²) in [5.41, 5.74) is 1.27. The van der Waals surface area contributed by atoms with Gasteiger partial charge in [-0.2, -0.15) is 0 Å². The number of hydrogen-bond donors (Lipinski definition) is 1. The highest BCUT2D eigenvalue weighted by Crippen LogP contribution is 2.29. The quantitative estimate of drug-likeness (QED) is 0.829. The van der Waals surface area contributed by atoms with Gasteiger partial charge in [-0.25, -0.2) is 4.98 Å². The summed E-state index contributed by atoms with van der Waals surface area (Å²) in [5.74, 6) is 0. The fourth-order valence-corrected chi connectivity index (χ4v) is 2.82. The highest BCUT2D eigenvalue weighted by atomic mass is 35.5. The molecule has 1 aliphatic heterocycles. The van der Waals surface area contributed by atoms with Crippen LogP contribution in [0.5, 0.6) is 0 Å². The molecule has 2 heterocycles. The van der Waals surface area contributed by atoms with Gasteiger partial charge in [-0.15, -0.1) is 0 Å². The predicted octanol–water partition coefficient (Wildman–Crippen LogP) is 2.45. The van der Waals surface area contributed by atoms with Crippen LogP contribution in [0.1, 0.15) is 31.2 Å². The second-order valence-corrected chi connectivity index (χ2v) is 5.83. The third-order valence-electron chi connectivity index (χ3n) is 3.85. The molecule has 0 bridgehead atoms. The zero-order chi connectivity index (χ0) is 12.4. The molecule has 1 atom stereocenters. The van der Waals surface area contributed by atoms with Crippen molar-refractivity contribution in [1.82, 2.24) is 15.2 Å². The van der Waals surface area contributed by atoms with E-state index in [4.69, 9.17) is 11.6 Å². The first kappa shape index (κ1) is 12.4. The molecule has 0 amide bonds. The Balaban J connectivity index is 1.60. The lowest BCUT2D eigenvalue weighted by molar-refractivity contribution is 0.231. The molecule has 1 aromatic rings. The van der Waals surface area contributed by atoms with Gasteiger partial charge in [0.25, 0.3) is 0 Å². The van der Waals surface area contributed by atoms with E-state index >= 15 is 0 Å². The number of rotatable bonds is 5. The van der Waals surface area contributed by atoms with Crippen LogP contribution in [0.15, 0.2) is 18.3 Å². The van der Waals surface area contributed by atoms with E-state index in [0.717, 1.165) is 12.6 Å². The molecular weight excluding hydrogens is 246 g/mol. The molecule has 4 heteroatoms. The van der Waals surface area contributed by atoms with E-state index in [1.165, 1.54) is 44.3 Å². The molecule has 2 aliphatic rings. The zero-order valence-electron chi connectivity index (χ0n) is 10.6. The molecule has 3 nitrogen and oxygen atoms in total. The van der Waals surface area contributed by atoms with Crippen LogP contribution in [0, 0.1) is 0 Å². The monoisotopic (exact) mass is 265 g/mol. The highest BCUT2D eigenvalue weighted by molar-refractivity contribution is 6.29. The topological polar surface area (TPSA) is 28.2 Å². The number of halogens is 1. The summed E-state index contributed by atoms with van der Waals surface area (Å²) in [7, 11) is 0. The summed E-state index contributed by atoms with van der Waals surface area (Å²) in [6.45, 7) is 3.37. The number of nitrogens with zero attached hydrogens (tertiary/aromatic N) is 2. The smallest absolute Gasteiger partial charge is 0.129 e. The van der Waals surface area contributed by atoms with Gasteiger partial charge < -0.3 is 5.32 Å². The van der Waals surface area contributed by atoms with Gasteiger partial charge in [-0.1, -0.05) is 17.7 Å². The van der Waals surface area contributed by atoms with Gasteiger partial charge in [-0.3, -0.25) is 4.90 Å². The van der Waals surface area contributed by atoms with Gasteiger partial charge in [0.1, 0.15) is 5.15 Å². The lowest BCUT2D eigenvalue weighted by Gasteiger charge is -2.25. The number of hydrogen-bond acceptors (Lipinski definition) is 3. The molecule has 1 aliphatic carbocycles. The van der Waals surface area contributed by atoms with Crippen molar-refractivity contribution < 1.29 is 0 Å². The fraction of sp³-hybridized carbons (Fsp3) is 0.643. The van der Waals surface area contributed by atoms with Gasteiger partial charge in [-0.05, 0) is 43.9 Å². The SMILES string of the molecule is Clc1ccc(CN(CC2CCCN2)C2CC2)cn1. The van der Waals surface area contributed by atoms with Crippen LogP contribution < -0.4 is 5.32 Å². The number of pyridine rings is 1. The Morgan fingerprint density at radius 3 is 2.83 bits per heavy atom. The van der Waals surface area contributed by atoms with Gasteiger partial charge >= 0.3 is 0 Å². The van der Waals surface area contributed by atoms with E-state index in [9.17, 15) is 0 Å². The highest BCUT2D eigenvalue weighted by Gasteiger charge is 2.31. The van der Waals surface area contributed by atoms with E-state index in [1.807, 2.05) is 12.3 Å². The van der Waals surface area contributed by atoms with Crippen molar-refractivity contribution in [1.29, 1.82) is 0 Å². The van der Waals surface area contributed by atoms with Crippen molar-refractivity contribution in [3.05, 3.63) is 29.0 Å². The molecule has 1 aromatic heterocycles. The minimum absolute atomic E-state index is 0.578. The van der Waals surface area contributed by atoms with Crippen LogP contribution in [0.4, 0.5) is 0 Å². The number of aromatic nitrogens is 1. The Labute approximate surface area is 114 Å². The van der Waals surface area contributed by atoms with Crippen LogP contribution in [-0.2, 0) is 6.54 Å². The van der Waals surface area contributed by atoms with E-state index in [2.05, 4.69) is 21.3 Å². The van der Waals surface area contributed by atoms with Crippen LogP contribution in [0.3, 0.4) is 0 Å². The fourth-order valence-electron chi connectivity index (χ4n) is 2.71. The Bertz CT molecular complexity index is 383. The van der Waals surface area contributed by atoms with Gasteiger partial charge in [0.15, 0.2) is 0 Å². The maximum Gasteiger partial charge on any atom is 0.129 e. The van der Waals surface area contributed by atoms with Gasteiger partial charge in [0, 0.05) is 31.4 Å². The molecule has 0 radical (unpaired) electrons. The maximum atomic E-state index is 5.83. The normalized spacial score (nSPS) is 23.8. The van der Waals surface area contributed by atoms with Crippen LogP contribution in [0.2, 0.25) is 5.15 Å². The molecule has 1 saturated heterocycles. The molecule has 98 valence electrons. The average Bonchev–Trinajstić information content (AvgIpc) is 3.10. The van der Waals surface area contributed by atoms with Crippen molar-refractivity contribution in [3.63, 3.8) is 0 Å². The molecule has 1 unspecified atom stereocenters. The van der Waals surface area contributed by atoms with Gasteiger partial charge in [0.05, 0.1) is 0 Å². The third-order valence-corrected chi connectivity index (χ3v) is 4.08. The van der Waals surface area contributed by atoms with Crippen molar-refractivity contribution >= 4 is 11.6 Å². The minimum atomic E-state index is 0.578. The first-order valence-corrected chi connectivity index (χ1v) is 7.27. The third kappa shape index (κ3) is 3.22. The van der Waals surface area contributed by atoms with Crippen molar-refractivity contribution in [2.75, 3.05) is 13.1 Å². The minimum Gasteiger partial charge on any atom is -0.313 e. The lowest BCUT2D eigenvalue weighted by atomic mass is 10.2. The maximum absolute atomic E-state index is 5.83. The van der Waals surface area contributed by atoms with Crippen molar-refractivity contribution in [2.24, 2.45) is 0 Å². The molecule has 0 spiro atoms. The summed E-state index contributed by atoms with van der Waals surface area (Å²) in [5, 5.41) is 4.16. The Morgan fingerprint density at radius 1 is 1.33 bits per heavy atom. The Hall–Kier alpha value is -0.640. The molecular formula is C14H20ClN3. The van der Waals surface area contributed by atoms with E-state index in [1.54, 1.807) is 0 Å². The van der Waals surface area contributed by atoms with Crippen LogP contribution in [-0.4, -0.2) is 35.1 Å². The van der Waals surface area contributed by atoms with Crippen molar-refractivity contribution in [3.8, 4) is 0 Å². The zero-order valence-corrected chi connectivity index (χ0v) is 11.4. The molecule has 1 saturated carbocycles. The summed E-state index contributed by atoms with van der Waals surface area (Å²) in [6, 6.07) is 5.46. The van der Waals surface area contributed by atoms with E-state index in [-0.39, 0.29) is 0 Å². The molecule has 3 rings (SSSR count). The first-order valence-electron chi connectivity index (χ1n) is 6.89. The Morgan fingerprint density at radius 2 is 2.22 bits per heavy atom. The second kappa shape index (κ2) is 5.55. The van der Waals surface area contributed by atoms with E-state index < -0.39 is 0 Å². The summed E-state index contributed by atoms with van der Waals surface area (Å²) < 4.78 is 0. The lowest BCUT2D eigenvalue weighted by Crippen LogP contribution is -2.38. The van der Waals surface area contributed by atoms with E-state index in [0.29, 0.717) is 11.2 Å². The second-order valence-electron chi connectivity index (χ2n) is 5.44. The van der Waals surface area contributed by atoms with Crippen LogP contribution >= 0.6 is 11.6 Å². The largest absolute Gasteiger partial charge is 0.313 e. The molecule has 0 aromatic carbocycles. The first-order chi connectivity index (χ1) is 8.81. The van der Waals surface area contributed by atoms with Gasteiger partial charge in [0.2, 0.25) is 0 Å². The van der Waals surface area contributed by atoms with Crippen molar-refractivity contribution in [2.45, 2.75) is 44.3 Å². The summed E-state index contributed by atoms with van der Waals surface area (Å²) in [6.07, 6.45) is 7.26. The Kier molecular flexibility index (Phi) is 3.83. The molecule has 2 fully saturated rings. The molecule has 18 heavy (non-hydrogen) atoms. The molecule has 1 N–H and O–H groups in total. The summed E-state index contributed by atoms with van der Waals surface area (Å²) in [4.78, 5) is 6.77. The predicted molar refractivity (Wildman–Crippen MR) is 73.7 cm³/mol.